The molecule has 5 rings (SSSR count). The van der Waals surface area contributed by atoms with Crippen LogP contribution in [0.25, 0.3) is 0 Å². The summed E-state index contributed by atoms with van der Waals surface area (Å²) in [6.07, 6.45) is 8.85. The minimum Gasteiger partial charge on any atom is -0.394 e. The minimum absolute atomic E-state index is 0.0694. The molecule has 9 nitrogen and oxygen atoms in total. The molecule has 9 heteroatoms. The quantitative estimate of drug-likeness (QED) is 0.453. The van der Waals surface area contributed by atoms with Gasteiger partial charge in [-0.05, 0) is 50.5 Å². The fourth-order valence-electron chi connectivity index (χ4n) is 7.66. The number of aliphatic hydroxyl groups is 1. The molecule has 4 aliphatic heterocycles. The van der Waals surface area contributed by atoms with Crippen molar-refractivity contribution < 1.29 is 24.2 Å². The molecule has 3 amide bonds. The molecule has 7 atom stereocenters. The number of carbonyl (C=O) groups excluding carboxylic acids is 3. The summed E-state index contributed by atoms with van der Waals surface area (Å²) in [7, 11) is 1.74. The summed E-state index contributed by atoms with van der Waals surface area (Å²) in [5, 5.41) is 10.6. The molecule has 0 radical (unpaired) electrons. The smallest absolute Gasteiger partial charge is 0.253 e. The van der Waals surface area contributed by atoms with Gasteiger partial charge in [0.15, 0.2) is 0 Å². The predicted octanol–water partition coefficient (Wildman–Crippen LogP) is 3.23. The summed E-state index contributed by atoms with van der Waals surface area (Å²) in [6.45, 7) is 12.4. The highest BCUT2D eigenvalue weighted by molar-refractivity contribution is 6.06. The third-order valence-electron chi connectivity index (χ3n) is 10.2. The lowest BCUT2D eigenvalue weighted by molar-refractivity contribution is -0.153. The maximum atomic E-state index is 14.8. The van der Waals surface area contributed by atoms with E-state index in [9.17, 15) is 19.5 Å². The van der Waals surface area contributed by atoms with E-state index in [1.807, 2.05) is 69.3 Å². The summed E-state index contributed by atoms with van der Waals surface area (Å²) in [4.78, 5) is 50.6. The van der Waals surface area contributed by atoms with Crippen LogP contribution < -0.4 is 9.80 Å². The lowest BCUT2D eigenvalue weighted by atomic mass is 9.73. The molecule has 228 valence electrons. The van der Waals surface area contributed by atoms with Gasteiger partial charge in [-0.25, -0.2) is 0 Å². The molecule has 1 aromatic carbocycles. The molecule has 1 unspecified atom stereocenters. The number of likely N-dealkylation sites (tertiary alicyclic amines) is 1. The largest absolute Gasteiger partial charge is 0.394 e. The van der Waals surface area contributed by atoms with Crippen molar-refractivity contribution in [2.75, 3.05) is 49.6 Å². The maximum absolute atomic E-state index is 14.8. The van der Waals surface area contributed by atoms with Gasteiger partial charge in [0.2, 0.25) is 11.8 Å². The monoisotopic (exact) mass is 578 g/mol. The lowest BCUT2D eigenvalue weighted by Gasteiger charge is -2.42. The second-order valence-electron chi connectivity index (χ2n) is 12.2. The first-order chi connectivity index (χ1) is 20.1. The third kappa shape index (κ3) is 4.39. The first kappa shape index (κ1) is 30.3. The Morgan fingerprint density at radius 1 is 0.952 bits per heavy atom. The predicted molar refractivity (Wildman–Crippen MR) is 163 cm³/mol. The van der Waals surface area contributed by atoms with E-state index in [4.69, 9.17) is 4.74 Å². The standard InChI is InChI=1S/C33H46N4O5/c1-7-22(5)25(21-38)37-28-31(41)36(24-15-13-23(14-16-24)35(9-3)10-4)20-12-18-33(28)27(30(37)40)26-29(39)34(6)19-11-17-32(26,8-2)42-33/h11-18,22,25-28,38H,7-10,19-21H2,1-6H3/t22-,25-,26-,27-,28?,32+,33-/m0/s1. The van der Waals surface area contributed by atoms with Crippen molar-refractivity contribution in [3.8, 4) is 0 Å². The maximum Gasteiger partial charge on any atom is 0.253 e. The Balaban J connectivity index is 1.65. The summed E-state index contributed by atoms with van der Waals surface area (Å²) in [6, 6.07) is 6.32. The molecule has 0 saturated carbocycles. The first-order valence-corrected chi connectivity index (χ1v) is 15.5. The zero-order valence-electron chi connectivity index (χ0n) is 25.8. The number of carbonyl (C=O) groups is 3. The highest BCUT2D eigenvalue weighted by Gasteiger charge is 2.76. The molecule has 2 fully saturated rings. The number of likely N-dealkylation sites (N-methyl/N-ethyl adjacent to an activating group) is 1. The van der Waals surface area contributed by atoms with Gasteiger partial charge in [-0.15, -0.1) is 0 Å². The second kappa shape index (κ2) is 11.5. The zero-order valence-corrected chi connectivity index (χ0v) is 25.8. The summed E-state index contributed by atoms with van der Waals surface area (Å²) in [5.74, 6) is -2.45. The van der Waals surface area contributed by atoms with Crippen LogP contribution in [0.2, 0.25) is 0 Å². The first-order valence-electron chi connectivity index (χ1n) is 15.5. The van der Waals surface area contributed by atoms with Gasteiger partial charge in [0, 0.05) is 44.6 Å². The van der Waals surface area contributed by atoms with Gasteiger partial charge in [0.1, 0.15) is 11.6 Å². The third-order valence-corrected chi connectivity index (χ3v) is 10.2. The van der Waals surface area contributed by atoms with Crippen molar-refractivity contribution >= 4 is 29.1 Å². The van der Waals surface area contributed by atoms with Gasteiger partial charge >= 0.3 is 0 Å². The van der Waals surface area contributed by atoms with Crippen molar-refractivity contribution in [2.45, 2.75) is 70.7 Å². The molecule has 4 aliphatic rings. The number of hydrogen-bond acceptors (Lipinski definition) is 6. The van der Waals surface area contributed by atoms with E-state index < -0.39 is 35.1 Å². The Morgan fingerprint density at radius 2 is 1.62 bits per heavy atom. The van der Waals surface area contributed by atoms with E-state index in [2.05, 4.69) is 18.7 Å². The molecule has 1 spiro atoms. The van der Waals surface area contributed by atoms with E-state index >= 15 is 0 Å². The van der Waals surface area contributed by atoms with Crippen LogP contribution in [-0.2, 0) is 19.1 Å². The van der Waals surface area contributed by atoms with Crippen LogP contribution in [0.5, 0.6) is 0 Å². The number of ether oxygens (including phenoxy) is 1. The Bertz CT molecular complexity index is 1260. The molecule has 2 saturated heterocycles. The number of fused-ring (bicyclic) bond motifs is 2. The van der Waals surface area contributed by atoms with Crippen LogP contribution in [0, 0.1) is 17.8 Å². The molecule has 42 heavy (non-hydrogen) atoms. The van der Waals surface area contributed by atoms with Crippen LogP contribution >= 0.6 is 0 Å². The van der Waals surface area contributed by atoms with E-state index in [0.717, 1.165) is 24.5 Å². The average molecular weight is 579 g/mol. The van der Waals surface area contributed by atoms with Gasteiger partial charge in [0.05, 0.1) is 30.1 Å². The zero-order chi connectivity index (χ0) is 30.4. The SMILES string of the molecule is CC[C@H](C)[C@H](CO)N1C(=O)[C@@H]2[C@H]3C(=O)N(C)CC=C[C@@]3(CC)O[C@@]23C=CCN(c2ccc(N(CC)CC)cc2)C(=O)C13. The average Bonchev–Trinajstić information content (AvgIpc) is 3.30. The minimum atomic E-state index is -1.34. The molecule has 0 bridgehead atoms. The van der Waals surface area contributed by atoms with Crippen molar-refractivity contribution in [2.24, 2.45) is 17.8 Å². The summed E-state index contributed by atoms with van der Waals surface area (Å²) in [5.41, 5.74) is -0.552. The lowest BCUT2D eigenvalue weighted by Crippen LogP contribution is -2.60. The van der Waals surface area contributed by atoms with E-state index in [1.54, 1.807) is 21.7 Å². The van der Waals surface area contributed by atoms with E-state index in [1.165, 1.54) is 0 Å². The van der Waals surface area contributed by atoms with Gasteiger partial charge in [-0.1, -0.05) is 51.5 Å². The van der Waals surface area contributed by atoms with Crippen LogP contribution in [0.1, 0.15) is 47.5 Å². The van der Waals surface area contributed by atoms with E-state index in [-0.39, 0.29) is 30.2 Å². The Labute approximate surface area is 249 Å². The summed E-state index contributed by atoms with van der Waals surface area (Å²) < 4.78 is 7.02. The number of aliphatic hydroxyl groups excluding tert-OH is 1. The Morgan fingerprint density at radius 3 is 2.21 bits per heavy atom. The number of anilines is 2. The van der Waals surface area contributed by atoms with Crippen LogP contribution in [0.3, 0.4) is 0 Å². The van der Waals surface area contributed by atoms with Gasteiger partial charge in [-0.2, -0.15) is 0 Å². The van der Waals surface area contributed by atoms with Crippen LogP contribution in [0.4, 0.5) is 11.4 Å². The van der Waals surface area contributed by atoms with Gasteiger partial charge in [0.25, 0.3) is 5.91 Å². The molecule has 1 N–H and O–H groups in total. The fraction of sp³-hybridized carbons (Fsp3) is 0.606. The Kier molecular flexibility index (Phi) is 8.29. The molecule has 1 aromatic rings. The normalized spacial score (nSPS) is 31.9. The van der Waals surface area contributed by atoms with Gasteiger partial charge in [-0.3, -0.25) is 14.4 Å². The number of nitrogens with zero attached hydrogens (tertiary/aromatic N) is 4. The number of rotatable bonds is 9. The highest BCUT2D eigenvalue weighted by atomic mass is 16.5. The van der Waals surface area contributed by atoms with Crippen LogP contribution in [0.15, 0.2) is 48.6 Å². The van der Waals surface area contributed by atoms with Crippen molar-refractivity contribution in [3.63, 3.8) is 0 Å². The Hall–Kier alpha value is -3.17. The second-order valence-corrected chi connectivity index (χ2v) is 12.2. The number of amides is 3. The number of hydrogen-bond donors (Lipinski definition) is 1. The fourth-order valence-corrected chi connectivity index (χ4v) is 7.66. The van der Waals surface area contributed by atoms with Gasteiger partial charge < -0.3 is 29.4 Å². The molecule has 0 aliphatic carbocycles. The topological polar surface area (TPSA) is 93.6 Å². The van der Waals surface area contributed by atoms with E-state index in [0.29, 0.717) is 25.9 Å². The molecular weight excluding hydrogens is 532 g/mol. The molecular formula is C33H46N4O5. The highest BCUT2D eigenvalue weighted by Crippen LogP contribution is 2.59. The number of benzene rings is 1. The van der Waals surface area contributed by atoms with Crippen molar-refractivity contribution in [3.05, 3.63) is 48.6 Å². The van der Waals surface area contributed by atoms with Crippen molar-refractivity contribution in [1.82, 2.24) is 9.80 Å². The van der Waals surface area contributed by atoms with Crippen LogP contribution in [-0.4, -0.2) is 95.7 Å². The summed E-state index contributed by atoms with van der Waals surface area (Å²) >= 11 is 0. The molecule has 0 aromatic heterocycles. The van der Waals surface area contributed by atoms with Crippen molar-refractivity contribution in [1.29, 1.82) is 0 Å². The molecule has 4 heterocycles.